The zero-order valence-corrected chi connectivity index (χ0v) is 14.6. The van der Waals surface area contributed by atoms with Gasteiger partial charge in [0.15, 0.2) is 0 Å². The molecule has 0 saturated carbocycles. The van der Waals surface area contributed by atoms with Crippen molar-refractivity contribution in [3.8, 4) is 11.3 Å². The van der Waals surface area contributed by atoms with Crippen molar-refractivity contribution in [2.75, 3.05) is 26.3 Å². The largest absolute Gasteiger partial charge is 0.379 e. The maximum Gasteiger partial charge on any atom is 0.0999 e. The Morgan fingerprint density at radius 2 is 1.77 bits per heavy atom. The molecule has 3 aromatic carbocycles. The van der Waals surface area contributed by atoms with E-state index in [2.05, 4.69) is 75.8 Å². The lowest BCUT2D eigenvalue weighted by atomic mass is 10.0. The third-order valence-corrected chi connectivity index (χ3v) is 5.16. The summed E-state index contributed by atoms with van der Waals surface area (Å²) in [5.74, 6) is 0. The van der Waals surface area contributed by atoms with Crippen LogP contribution in [0.25, 0.3) is 32.9 Å². The highest BCUT2D eigenvalue weighted by Gasteiger charge is 2.13. The molecule has 0 aliphatic carbocycles. The number of aromatic nitrogens is 2. The van der Waals surface area contributed by atoms with Crippen LogP contribution in [0.15, 0.2) is 60.7 Å². The molecule has 0 bridgehead atoms. The van der Waals surface area contributed by atoms with Crippen LogP contribution in [-0.4, -0.2) is 41.4 Å². The fourth-order valence-electron chi connectivity index (χ4n) is 3.73. The molecule has 2 heterocycles. The zero-order chi connectivity index (χ0) is 17.3. The van der Waals surface area contributed by atoms with Crippen LogP contribution in [0.4, 0.5) is 0 Å². The average Bonchev–Trinajstić information content (AvgIpc) is 3.12. The summed E-state index contributed by atoms with van der Waals surface area (Å²) in [6.07, 6.45) is 0. The number of fused-ring (bicyclic) bond motifs is 2. The zero-order valence-electron chi connectivity index (χ0n) is 14.6. The van der Waals surface area contributed by atoms with Crippen LogP contribution in [0.1, 0.15) is 5.56 Å². The number of aromatic amines is 1. The molecule has 1 aliphatic rings. The van der Waals surface area contributed by atoms with Crippen LogP contribution in [0.5, 0.6) is 0 Å². The first-order chi connectivity index (χ1) is 12.9. The first-order valence-corrected chi connectivity index (χ1v) is 9.13. The van der Waals surface area contributed by atoms with Crippen molar-refractivity contribution in [3.05, 3.63) is 66.2 Å². The third-order valence-electron chi connectivity index (χ3n) is 5.16. The van der Waals surface area contributed by atoms with E-state index in [9.17, 15) is 0 Å². The molecule has 1 N–H and O–H groups in total. The Kier molecular flexibility index (Phi) is 3.92. The van der Waals surface area contributed by atoms with E-state index >= 15 is 0 Å². The minimum atomic E-state index is 0.830. The quantitative estimate of drug-likeness (QED) is 0.606. The van der Waals surface area contributed by atoms with Crippen molar-refractivity contribution in [1.29, 1.82) is 0 Å². The maximum absolute atomic E-state index is 5.45. The number of ether oxygens (including phenoxy) is 1. The Bertz CT molecular complexity index is 1060. The second-order valence-corrected chi connectivity index (χ2v) is 6.90. The highest BCUT2D eigenvalue weighted by Crippen LogP contribution is 2.29. The van der Waals surface area contributed by atoms with E-state index in [0.29, 0.717) is 0 Å². The Morgan fingerprint density at radius 3 is 2.65 bits per heavy atom. The monoisotopic (exact) mass is 343 g/mol. The number of morpholine rings is 1. The smallest absolute Gasteiger partial charge is 0.0999 e. The van der Waals surface area contributed by atoms with E-state index in [1.807, 2.05) is 0 Å². The molecule has 4 heteroatoms. The molecule has 130 valence electrons. The summed E-state index contributed by atoms with van der Waals surface area (Å²) in [5.41, 5.74) is 4.58. The molecule has 0 unspecified atom stereocenters. The van der Waals surface area contributed by atoms with Gasteiger partial charge in [0.1, 0.15) is 0 Å². The molecule has 1 fully saturated rings. The molecule has 4 aromatic rings. The fourth-order valence-corrected chi connectivity index (χ4v) is 3.73. The number of hydrogen-bond donors (Lipinski definition) is 1. The summed E-state index contributed by atoms with van der Waals surface area (Å²) in [4.78, 5) is 2.44. The second-order valence-electron chi connectivity index (χ2n) is 6.90. The van der Waals surface area contributed by atoms with Crippen molar-refractivity contribution in [1.82, 2.24) is 15.1 Å². The van der Waals surface area contributed by atoms with Gasteiger partial charge in [-0.15, -0.1) is 0 Å². The molecule has 1 saturated heterocycles. The Morgan fingerprint density at radius 1 is 0.923 bits per heavy atom. The van der Waals surface area contributed by atoms with Gasteiger partial charge in [0, 0.05) is 30.6 Å². The van der Waals surface area contributed by atoms with Gasteiger partial charge >= 0.3 is 0 Å². The Hall–Kier alpha value is -2.69. The first-order valence-electron chi connectivity index (χ1n) is 9.13. The lowest BCUT2D eigenvalue weighted by Gasteiger charge is -2.26. The maximum atomic E-state index is 5.45. The molecule has 4 nitrogen and oxygen atoms in total. The van der Waals surface area contributed by atoms with Crippen molar-refractivity contribution in [2.24, 2.45) is 0 Å². The molecule has 0 spiro atoms. The van der Waals surface area contributed by atoms with E-state index in [1.165, 1.54) is 21.7 Å². The van der Waals surface area contributed by atoms with Gasteiger partial charge in [-0.05, 0) is 34.5 Å². The average molecular weight is 343 g/mol. The summed E-state index contributed by atoms with van der Waals surface area (Å²) in [6.45, 7) is 4.62. The molecule has 5 rings (SSSR count). The van der Waals surface area contributed by atoms with Gasteiger partial charge in [-0.25, -0.2) is 0 Å². The number of benzene rings is 3. The summed E-state index contributed by atoms with van der Waals surface area (Å²) >= 11 is 0. The van der Waals surface area contributed by atoms with Gasteiger partial charge in [0.05, 0.1) is 24.4 Å². The van der Waals surface area contributed by atoms with Crippen LogP contribution in [0.2, 0.25) is 0 Å². The third kappa shape index (κ3) is 2.87. The molecular weight excluding hydrogens is 322 g/mol. The lowest BCUT2D eigenvalue weighted by molar-refractivity contribution is 0.0342. The second kappa shape index (κ2) is 6.56. The van der Waals surface area contributed by atoms with Crippen LogP contribution in [0.3, 0.4) is 0 Å². The van der Waals surface area contributed by atoms with Gasteiger partial charge in [0.25, 0.3) is 0 Å². The highest BCUT2D eigenvalue weighted by molar-refractivity contribution is 5.96. The number of rotatable bonds is 3. The minimum Gasteiger partial charge on any atom is -0.379 e. The van der Waals surface area contributed by atoms with Crippen LogP contribution in [-0.2, 0) is 11.3 Å². The highest BCUT2D eigenvalue weighted by atomic mass is 16.5. The molecular formula is C22H21N3O. The topological polar surface area (TPSA) is 41.2 Å². The summed E-state index contributed by atoms with van der Waals surface area (Å²) in [5, 5.41) is 11.5. The summed E-state index contributed by atoms with van der Waals surface area (Å²) < 4.78 is 5.45. The number of nitrogens with one attached hydrogen (secondary N) is 1. The predicted octanol–water partition coefficient (Wildman–Crippen LogP) is 4.22. The minimum absolute atomic E-state index is 0.830. The van der Waals surface area contributed by atoms with Crippen molar-refractivity contribution in [2.45, 2.75) is 6.54 Å². The molecule has 1 aliphatic heterocycles. The molecule has 0 amide bonds. The van der Waals surface area contributed by atoms with Gasteiger partial charge in [-0.1, -0.05) is 42.5 Å². The van der Waals surface area contributed by atoms with Gasteiger partial charge in [0.2, 0.25) is 0 Å². The molecule has 26 heavy (non-hydrogen) atoms. The van der Waals surface area contributed by atoms with E-state index in [0.717, 1.165) is 49.6 Å². The normalized spacial score (nSPS) is 15.7. The van der Waals surface area contributed by atoms with E-state index in [-0.39, 0.29) is 0 Å². The lowest BCUT2D eigenvalue weighted by Crippen LogP contribution is -2.35. The van der Waals surface area contributed by atoms with Crippen LogP contribution >= 0.6 is 0 Å². The predicted molar refractivity (Wildman–Crippen MR) is 105 cm³/mol. The van der Waals surface area contributed by atoms with Crippen molar-refractivity contribution >= 4 is 21.7 Å². The van der Waals surface area contributed by atoms with Crippen LogP contribution < -0.4 is 0 Å². The van der Waals surface area contributed by atoms with Gasteiger partial charge in [-0.3, -0.25) is 10.00 Å². The van der Waals surface area contributed by atoms with Crippen LogP contribution in [0, 0.1) is 0 Å². The SMILES string of the molecule is c1ccc2cc(-c3n[nH]c4ccc(CN5CCOCC5)cc34)ccc2c1. The van der Waals surface area contributed by atoms with Gasteiger partial charge < -0.3 is 4.74 Å². The standard InChI is InChI=1S/C22H21N3O/c1-2-4-18-14-19(7-6-17(18)3-1)22-20-13-16(5-8-21(20)23-24-22)15-25-9-11-26-12-10-25/h1-8,13-14H,9-12,15H2,(H,23,24). The van der Waals surface area contributed by atoms with E-state index in [1.54, 1.807) is 0 Å². The Labute approximate surface area is 152 Å². The van der Waals surface area contributed by atoms with Gasteiger partial charge in [-0.2, -0.15) is 5.10 Å². The number of nitrogens with zero attached hydrogens (tertiary/aromatic N) is 2. The molecule has 1 aromatic heterocycles. The van der Waals surface area contributed by atoms with E-state index in [4.69, 9.17) is 4.74 Å². The Balaban J connectivity index is 1.53. The summed E-state index contributed by atoms with van der Waals surface area (Å²) in [7, 11) is 0. The fraction of sp³-hybridized carbons (Fsp3) is 0.227. The molecule has 0 atom stereocenters. The number of hydrogen-bond acceptors (Lipinski definition) is 3. The molecule has 0 radical (unpaired) electrons. The van der Waals surface area contributed by atoms with Crippen molar-refractivity contribution < 1.29 is 4.74 Å². The van der Waals surface area contributed by atoms with Crippen molar-refractivity contribution in [3.63, 3.8) is 0 Å². The van der Waals surface area contributed by atoms with E-state index < -0.39 is 0 Å². The summed E-state index contributed by atoms with van der Waals surface area (Å²) in [6, 6.07) is 21.6. The number of H-pyrrole nitrogens is 1. The first kappa shape index (κ1) is 15.6.